The summed E-state index contributed by atoms with van der Waals surface area (Å²) in [5.74, 6) is 2.38. The van der Waals surface area contributed by atoms with E-state index in [1.807, 2.05) is 35.4 Å². The van der Waals surface area contributed by atoms with E-state index in [9.17, 15) is 4.79 Å². The molecule has 1 aromatic carbocycles. The molecule has 0 aliphatic carbocycles. The zero-order valence-corrected chi connectivity index (χ0v) is 15.2. The molecule has 0 saturated carbocycles. The van der Waals surface area contributed by atoms with Crippen LogP contribution >= 0.6 is 0 Å². The fourth-order valence-corrected chi connectivity index (χ4v) is 3.14. The Hall–Kier alpha value is -2.43. The first-order valence-corrected chi connectivity index (χ1v) is 8.80. The van der Waals surface area contributed by atoms with Crippen LogP contribution in [0.15, 0.2) is 30.5 Å². The van der Waals surface area contributed by atoms with Crippen molar-refractivity contribution in [1.29, 1.82) is 0 Å². The molecule has 5 nitrogen and oxygen atoms in total. The number of amides is 1. The van der Waals surface area contributed by atoms with E-state index in [0.717, 1.165) is 34.8 Å². The lowest BCUT2D eigenvalue weighted by molar-refractivity contribution is -0.131. The first-order valence-electron chi connectivity index (χ1n) is 8.80. The minimum absolute atomic E-state index is 0.148. The molecule has 0 fully saturated rings. The minimum atomic E-state index is 0.148. The molecule has 2 heterocycles. The van der Waals surface area contributed by atoms with E-state index >= 15 is 0 Å². The van der Waals surface area contributed by atoms with Crippen molar-refractivity contribution in [3.05, 3.63) is 53.1 Å². The average Bonchev–Trinajstić information content (AvgIpc) is 3.02. The lowest BCUT2D eigenvalue weighted by Crippen LogP contribution is -2.25. The molecule has 0 spiro atoms. The van der Waals surface area contributed by atoms with Crippen molar-refractivity contribution in [1.82, 2.24) is 14.9 Å². The van der Waals surface area contributed by atoms with Crippen molar-refractivity contribution < 1.29 is 9.53 Å². The summed E-state index contributed by atoms with van der Waals surface area (Å²) in [5.41, 5.74) is 3.13. The Morgan fingerprint density at radius 2 is 2.08 bits per heavy atom. The highest BCUT2D eigenvalue weighted by Crippen LogP contribution is 2.23. The van der Waals surface area contributed by atoms with Gasteiger partial charge in [0, 0.05) is 31.1 Å². The number of fused-ring (bicyclic) bond motifs is 1. The zero-order valence-electron chi connectivity index (χ0n) is 15.2. The predicted molar refractivity (Wildman–Crippen MR) is 96.1 cm³/mol. The summed E-state index contributed by atoms with van der Waals surface area (Å²) in [5, 5.41) is 0. The average molecular weight is 339 g/mol. The first kappa shape index (κ1) is 17.4. The Bertz CT molecular complexity index is 758. The Balaban J connectivity index is 1.60. The highest BCUT2D eigenvalue weighted by atomic mass is 16.5. The number of carbonyl (C=O) groups excluding carboxylic acids is 1. The number of para-hydroxylation sites is 1. The molecule has 0 bridgehead atoms. The van der Waals surface area contributed by atoms with Gasteiger partial charge in [-0.05, 0) is 24.0 Å². The largest absolute Gasteiger partial charge is 0.496 e. The first-order chi connectivity index (χ1) is 12.1. The zero-order chi connectivity index (χ0) is 17.8. The van der Waals surface area contributed by atoms with Gasteiger partial charge in [0.25, 0.3) is 0 Å². The summed E-state index contributed by atoms with van der Waals surface area (Å²) < 4.78 is 5.36. The van der Waals surface area contributed by atoms with Gasteiger partial charge in [-0.2, -0.15) is 0 Å². The van der Waals surface area contributed by atoms with E-state index in [1.165, 1.54) is 0 Å². The van der Waals surface area contributed by atoms with Crippen LogP contribution < -0.4 is 4.74 Å². The molecule has 1 aliphatic rings. The summed E-state index contributed by atoms with van der Waals surface area (Å²) in [6.07, 6.45) is 3.91. The summed E-state index contributed by atoms with van der Waals surface area (Å²) >= 11 is 0. The number of benzene rings is 1. The van der Waals surface area contributed by atoms with Gasteiger partial charge in [0.1, 0.15) is 11.6 Å². The number of nitrogens with zero attached hydrogens (tertiary/aromatic N) is 3. The molecule has 1 amide bonds. The van der Waals surface area contributed by atoms with Crippen LogP contribution in [-0.4, -0.2) is 27.9 Å². The van der Waals surface area contributed by atoms with Crippen molar-refractivity contribution in [3.63, 3.8) is 0 Å². The van der Waals surface area contributed by atoms with E-state index in [0.29, 0.717) is 31.8 Å². The summed E-state index contributed by atoms with van der Waals surface area (Å²) in [6, 6.07) is 7.85. The smallest absolute Gasteiger partial charge is 0.223 e. The van der Waals surface area contributed by atoms with Crippen molar-refractivity contribution in [2.75, 3.05) is 7.11 Å². The van der Waals surface area contributed by atoms with Crippen LogP contribution in [0.25, 0.3) is 0 Å². The van der Waals surface area contributed by atoms with Crippen molar-refractivity contribution in [2.24, 2.45) is 5.92 Å². The van der Waals surface area contributed by atoms with Gasteiger partial charge in [-0.1, -0.05) is 32.0 Å². The molecular weight excluding hydrogens is 314 g/mol. The molecule has 0 N–H and O–H groups in total. The standard InChI is InChI=1S/C20H25N3O2/c1-14(2)10-19-21-11-16-12-23(13-17(16)22-19)20(24)9-8-15-6-4-5-7-18(15)25-3/h4-7,11,14H,8-10,12-13H2,1-3H3. The van der Waals surface area contributed by atoms with Gasteiger partial charge < -0.3 is 9.64 Å². The number of hydrogen-bond donors (Lipinski definition) is 0. The molecule has 5 heteroatoms. The molecule has 0 radical (unpaired) electrons. The maximum atomic E-state index is 12.6. The third-order valence-electron chi connectivity index (χ3n) is 4.45. The molecule has 1 aliphatic heterocycles. The van der Waals surface area contributed by atoms with Gasteiger partial charge in [0.2, 0.25) is 5.91 Å². The normalized spacial score (nSPS) is 13.2. The molecule has 132 valence electrons. The fourth-order valence-electron chi connectivity index (χ4n) is 3.14. The highest BCUT2D eigenvalue weighted by Gasteiger charge is 2.25. The Morgan fingerprint density at radius 3 is 2.84 bits per heavy atom. The van der Waals surface area contributed by atoms with Crippen LogP contribution in [0, 0.1) is 5.92 Å². The van der Waals surface area contributed by atoms with Crippen LogP contribution in [0.2, 0.25) is 0 Å². The monoisotopic (exact) mass is 339 g/mol. The van der Waals surface area contributed by atoms with Crippen molar-refractivity contribution in [2.45, 2.75) is 46.2 Å². The number of ether oxygens (including phenoxy) is 1. The molecule has 0 saturated heterocycles. The van der Waals surface area contributed by atoms with Crippen LogP contribution in [0.5, 0.6) is 5.75 Å². The number of aryl methyl sites for hydroxylation is 1. The number of methoxy groups -OCH3 is 1. The number of carbonyl (C=O) groups is 1. The fraction of sp³-hybridized carbons (Fsp3) is 0.450. The Labute approximate surface area is 149 Å². The maximum absolute atomic E-state index is 12.6. The second-order valence-corrected chi connectivity index (χ2v) is 6.92. The van der Waals surface area contributed by atoms with Gasteiger partial charge in [0.15, 0.2) is 0 Å². The summed E-state index contributed by atoms with van der Waals surface area (Å²) in [6.45, 7) is 5.52. The second-order valence-electron chi connectivity index (χ2n) is 6.92. The third kappa shape index (κ3) is 4.16. The van der Waals surface area contributed by atoms with Crippen molar-refractivity contribution in [3.8, 4) is 5.75 Å². The summed E-state index contributed by atoms with van der Waals surface area (Å²) in [4.78, 5) is 23.5. The molecule has 1 aromatic heterocycles. The van der Waals surface area contributed by atoms with Gasteiger partial charge in [-0.3, -0.25) is 4.79 Å². The molecule has 3 rings (SSSR count). The van der Waals surface area contributed by atoms with Crippen LogP contribution in [0.1, 0.15) is 42.9 Å². The molecule has 25 heavy (non-hydrogen) atoms. The van der Waals surface area contributed by atoms with Gasteiger partial charge in [-0.15, -0.1) is 0 Å². The lowest BCUT2D eigenvalue weighted by Gasteiger charge is -2.15. The van der Waals surface area contributed by atoms with Crippen LogP contribution in [0.3, 0.4) is 0 Å². The number of aromatic nitrogens is 2. The third-order valence-corrected chi connectivity index (χ3v) is 4.45. The predicted octanol–water partition coefficient (Wildman–Crippen LogP) is 3.16. The van der Waals surface area contributed by atoms with Gasteiger partial charge in [-0.25, -0.2) is 9.97 Å². The van der Waals surface area contributed by atoms with Gasteiger partial charge >= 0.3 is 0 Å². The topological polar surface area (TPSA) is 55.3 Å². The summed E-state index contributed by atoms with van der Waals surface area (Å²) in [7, 11) is 1.66. The lowest BCUT2D eigenvalue weighted by atomic mass is 10.1. The molecule has 0 atom stereocenters. The van der Waals surface area contributed by atoms with E-state index in [4.69, 9.17) is 4.74 Å². The molecular formula is C20H25N3O2. The Morgan fingerprint density at radius 1 is 1.28 bits per heavy atom. The SMILES string of the molecule is COc1ccccc1CCC(=O)N1Cc2cnc(CC(C)C)nc2C1. The molecule has 0 unspecified atom stereocenters. The van der Waals surface area contributed by atoms with Crippen LogP contribution in [-0.2, 0) is 30.7 Å². The second kappa shape index (κ2) is 7.64. The van der Waals surface area contributed by atoms with E-state index in [-0.39, 0.29) is 5.91 Å². The Kier molecular flexibility index (Phi) is 5.31. The van der Waals surface area contributed by atoms with Crippen molar-refractivity contribution >= 4 is 5.91 Å². The molecule has 2 aromatic rings. The highest BCUT2D eigenvalue weighted by molar-refractivity contribution is 5.77. The quantitative estimate of drug-likeness (QED) is 0.811. The van der Waals surface area contributed by atoms with Crippen LogP contribution in [0.4, 0.5) is 0 Å². The minimum Gasteiger partial charge on any atom is -0.496 e. The maximum Gasteiger partial charge on any atom is 0.223 e. The number of hydrogen-bond acceptors (Lipinski definition) is 4. The van der Waals surface area contributed by atoms with E-state index in [2.05, 4.69) is 23.8 Å². The van der Waals surface area contributed by atoms with E-state index in [1.54, 1.807) is 7.11 Å². The van der Waals surface area contributed by atoms with Gasteiger partial charge in [0.05, 0.1) is 19.3 Å². The van der Waals surface area contributed by atoms with E-state index < -0.39 is 0 Å². The number of rotatable bonds is 6.